The van der Waals surface area contributed by atoms with Gasteiger partial charge in [-0.3, -0.25) is 4.79 Å². The highest BCUT2D eigenvalue weighted by Crippen LogP contribution is 2.26. The van der Waals surface area contributed by atoms with E-state index in [1.807, 2.05) is 20.8 Å². The fourth-order valence-corrected chi connectivity index (χ4v) is 2.07. The lowest BCUT2D eigenvalue weighted by atomic mass is 9.90. The van der Waals surface area contributed by atoms with E-state index in [9.17, 15) is 26.7 Å². The molecule has 1 N–H and O–H groups in total. The molecule has 1 unspecified atom stereocenters. The Hall–Kier alpha value is -1.90. The zero-order valence-electron chi connectivity index (χ0n) is 14.7. The number of nitrogens with one attached hydrogen (secondary N) is 1. The van der Waals surface area contributed by atoms with Crippen molar-refractivity contribution in [1.82, 2.24) is 5.32 Å². The van der Waals surface area contributed by atoms with E-state index in [-0.39, 0.29) is 17.4 Å². The Morgan fingerprint density at radius 2 is 1.85 bits per heavy atom. The van der Waals surface area contributed by atoms with Gasteiger partial charge in [0.2, 0.25) is 5.91 Å². The third kappa shape index (κ3) is 9.55. The van der Waals surface area contributed by atoms with Gasteiger partial charge in [0.1, 0.15) is 5.75 Å². The first kappa shape index (κ1) is 22.1. The van der Waals surface area contributed by atoms with Gasteiger partial charge in [-0.05, 0) is 29.5 Å². The summed E-state index contributed by atoms with van der Waals surface area (Å²) >= 11 is 0. The first-order valence-electron chi connectivity index (χ1n) is 7.90. The zero-order valence-corrected chi connectivity index (χ0v) is 14.7. The molecule has 4 nitrogen and oxygen atoms in total. The summed E-state index contributed by atoms with van der Waals surface area (Å²) in [6, 6.07) is 3.73. The predicted molar refractivity (Wildman–Crippen MR) is 84.7 cm³/mol. The Bertz CT molecular complexity index is 584. The van der Waals surface area contributed by atoms with Crippen LogP contribution in [0.5, 0.6) is 5.75 Å². The molecule has 0 radical (unpaired) electrons. The fourth-order valence-electron chi connectivity index (χ4n) is 2.07. The molecule has 9 heteroatoms. The molecular weight excluding hydrogens is 361 g/mol. The normalized spacial score (nSPS) is 13.6. The Labute approximate surface area is 148 Å². The van der Waals surface area contributed by atoms with E-state index in [2.05, 4.69) is 14.8 Å². The fraction of sp³-hybridized carbons (Fsp3) is 0.588. The summed E-state index contributed by atoms with van der Waals surface area (Å²) in [7, 11) is 0. The van der Waals surface area contributed by atoms with Crippen LogP contribution in [0.25, 0.3) is 0 Å². The van der Waals surface area contributed by atoms with Gasteiger partial charge in [-0.2, -0.15) is 8.78 Å². The summed E-state index contributed by atoms with van der Waals surface area (Å²) in [6.07, 6.45) is -4.19. The number of carbonyl (C=O) groups is 1. The second-order valence-corrected chi connectivity index (χ2v) is 6.90. The molecule has 1 atom stereocenters. The van der Waals surface area contributed by atoms with E-state index in [1.165, 1.54) is 12.1 Å². The number of rotatable bonds is 8. The van der Waals surface area contributed by atoms with Crippen molar-refractivity contribution in [2.45, 2.75) is 52.6 Å². The average Bonchev–Trinajstić information content (AvgIpc) is 2.47. The van der Waals surface area contributed by atoms with Crippen LogP contribution < -0.4 is 10.1 Å². The molecule has 0 fully saturated rings. The standard InChI is InChI=1S/C17H22F5NO3/c1-16(2,3)8-7-14(24)23-13(10-25-15(18)19)11-5-4-6-12(9-11)26-17(20,21)22/h4-6,9,13,15H,7-8,10H2,1-3H3,(H,23,24). The number of carbonyl (C=O) groups excluding carboxylic acids is 1. The topological polar surface area (TPSA) is 47.6 Å². The van der Waals surface area contributed by atoms with E-state index in [0.29, 0.717) is 6.42 Å². The first-order valence-corrected chi connectivity index (χ1v) is 7.90. The van der Waals surface area contributed by atoms with Crippen LogP contribution in [-0.2, 0) is 9.53 Å². The van der Waals surface area contributed by atoms with Crippen LogP contribution in [0.3, 0.4) is 0 Å². The zero-order chi connectivity index (χ0) is 20.0. The van der Waals surface area contributed by atoms with E-state index >= 15 is 0 Å². The lowest BCUT2D eigenvalue weighted by Gasteiger charge is -2.22. The molecule has 0 aliphatic rings. The molecule has 0 heterocycles. The summed E-state index contributed by atoms with van der Waals surface area (Å²) in [5.74, 6) is -0.925. The molecule has 148 valence electrons. The maximum Gasteiger partial charge on any atom is 0.573 e. The van der Waals surface area contributed by atoms with E-state index in [1.54, 1.807) is 0 Å². The molecule has 0 spiro atoms. The van der Waals surface area contributed by atoms with Gasteiger partial charge < -0.3 is 14.8 Å². The molecule has 0 bridgehead atoms. The Kier molecular flexibility index (Phi) is 7.80. The average molecular weight is 383 g/mol. The minimum absolute atomic E-state index is 0.104. The number of ether oxygens (including phenoxy) is 2. The van der Waals surface area contributed by atoms with E-state index < -0.39 is 37.3 Å². The summed E-state index contributed by atoms with van der Waals surface area (Å²) < 4.78 is 69.7. The molecule has 1 rings (SSSR count). The third-order valence-electron chi connectivity index (χ3n) is 3.32. The van der Waals surface area contributed by atoms with Crippen LogP contribution >= 0.6 is 0 Å². The van der Waals surface area contributed by atoms with Crippen LogP contribution in [0, 0.1) is 5.41 Å². The number of halogens is 5. The number of hydrogen-bond acceptors (Lipinski definition) is 3. The summed E-state index contributed by atoms with van der Waals surface area (Å²) in [5.41, 5.74) is 0.0590. The second-order valence-electron chi connectivity index (χ2n) is 6.90. The summed E-state index contributed by atoms with van der Waals surface area (Å²) in [5, 5.41) is 2.52. The third-order valence-corrected chi connectivity index (χ3v) is 3.32. The number of hydrogen-bond donors (Lipinski definition) is 1. The molecule has 0 saturated heterocycles. The second kappa shape index (κ2) is 9.16. The van der Waals surface area contributed by atoms with Crippen molar-refractivity contribution in [3.05, 3.63) is 29.8 Å². The van der Waals surface area contributed by atoms with Crippen molar-refractivity contribution < 1.29 is 36.2 Å². The largest absolute Gasteiger partial charge is 0.573 e. The quantitative estimate of drug-likeness (QED) is 0.656. The van der Waals surface area contributed by atoms with E-state index in [4.69, 9.17) is 0 Å². The minimum Gasteiger partial charge on any atom is -0.406 e. The molecule has 1 aromatic rings. The molecule has 0 saturated carbocycles. The maximum absolute atomic E-state index is 12.3. The highest BCUT2D eigenvalue weighted by atomic mass is 19.4. The Morgan fingerprint density at radius 3 is 2.38 bits per heavy atom. The summed E-state index contributed by atoms with van der Waals surface area (Å²) in [4.78, 5) is 12.1. The monoisotopic (exact) mass is 383 g/mol. The van der Waals surface area contributed by atoms with Crippen LogP contribution in [0.2, 0.25) is 0 Å². The molecule has 1 aromatic carbocycles. The van der Waals surface area contributed by atoms with Crippen molar-refractivity contribution in [3.8, 4) is 5.75 Å². The van der Waals surface area contributed by atoms with Gasteiger partial charge in [-0.25, -0.2) is 0 Å². The van der Waals surface area contributed by atoms with Gasteiger partial charge in [-0.1, -0.05) is 32.9 Å². The highest BCUT2D eigenvalue weighted by molar-refractivity contribution is 5.76. The van der Waals surface area contributed by atoms with E-state index in [0.717, 1.165) is 12.1 Å². The smallest absolute Gasteiger partial charge is 0.406 e. The van der Waals surface area contributed by atoms with Gasteiger partial charge in [0.25, 0.3) is 0 Å². The van der Waals surface area contributed by atoms with Crippen LogP contribution in [0.4, 0.5) is 22.0 Å². The van der Waals surface area contributed by atoms with Crippen molar-refractivity contribution >= 4 is 5.91 Å². The van der Waals surface area contributed by atoms with Crippen molar-refractivity contribution in [1.29, 1.82) is 0 Å². The van der Waals surface area contributed by atoms with Crippen LogP contribution in [-0.4, -0.2) is 25.5 Å². The van der Waals surface area contributed by atoms with Crippen LogP contribution in [0.15, 0.2) is 24.3 Å². The molecule has 26 heavy (non-hydrogen) atoms. The number of benzene rings is 1. The van der Waals surface area contributed by atoms with Gasteiger partial charge in [-0.15, -0.1) is 13.2 Å². The Morgan fingerprint density at radius 1 is 1.19 bits per heavy atom. The van der Waals surface area contributed by atoms with Gasteiger partial charge in [0, 0.05) is 6.42 Å². The Balaban J connectivity index is 2.88. The SMILES string of the molecule is CC(C)(C)CCC(=O)NC(COC(F)F)c1cccc(OC(F)(F)F)c1. The lowest BCUT2D eigenvalue weighted by molar-refractivity contribution is -0.274. The predicted octanol–water partition coefficient (Wildman–Crippen LogP) is 4.81. The maximum atomic E-state index is 12.3. The minimum atomic E-state index is -4.89. The first-order chi connectivity index (χ1) is 11.9. The number of amides is 1. The van der Waals surface area contributed by atoms with Gasteiger partial charge >= 0.3 is 13.0 Å². The molecule has 0 aliphatic heterocycles. The van der Waals surface area contributed by atoms with Crippen LogP contribution in [0.1, 0.15) is 45.2 Å². The van der Waals surface area contributed by atoms with Crippen molar-refractivity contribution in [2.24, 2.45) is 5.41 Å². The highest BCUT2D eigenvalue weighted by Gasteiger charge is 2.31. The molecule has 0 aliphatic carbocycles. The van der Waals surface area contributed by atoms with Crippen molar-refractivity contribution in [3.63, 3.8) is 0 Å². The molecule has 0 aromatic heterocycles. The molecular formula is C17H22F5NO3. The lowest BCUT2D eigenvalue weighted by Crippen LogP contribution is -2.32. The van der Waals surface area contributed by atoms with Gasteiger partial charge in [0.05, 0.1) is 12.6 Å². The summed E-state index contributed by atoms with van der Waals surface area (Å²) in [6.45, 7) is 2.16. The van der Waals surface area contributed by atoms with Gasteiger partial charge in [0.15, 0.2) is 0 Å². The number of alkyl halides is 5. The molecule has 1 amide bonds. The van der Waals surface area contributed by atoms with Crippen molar-refractivity contribution in [2.75, 3.05) is 6.61 Å².